The van der Waals surface area contributed by atoms with Gasteiger partial charge in [0.15, 0.2) is 0 Å². The lowest BCUT2D eigenvalue weighted by molar-refractivity contribution is -0.149. The lowest BCUT2D eigenvalue weighted by Crippen LogP contribution is -2.36. The van der Waals surface area contributed by atoms with Crippen LogP contribution in [0, 0.1) is 17.2 Å². The van der Waals surface area contributed by atoms with Gasteiger partial charge in [0.1, 0.15) is 0 Å². The molecule has 2 unspecified atom stereocenters. The van der Waals surface area contributed by atoms with Crippen molar-refractivity contribution in [1.82, 2.24) is 5.32 Å². The van der Waals surface area contributed by atoms with Crippen LogP contribution in [0.3, 0.4) is 0 Å². The van der Waals surface area contributed by atoms with E-state index in [-0.39, 0.29) is 11.9 Å². The van der Waals surface area contributed by atoms with Crippen molar-refractivity contribution in [1.29, 1.82) is 5.26 Å². The smallest absolute Gasteiger partial charge is 0.308 e. The van der Waals surface area contributed by atoms with Crippen LogP contribution in [0.5, 0.6) is 0 Å². The maximum Gasteiger partial charge on any atom is 0.308 e. The molecule has 1 fully saturated rings. The number of hydrogen-bond acceptors (Lipinski definition) is 4. The average molecular weight is 286 g/mol. The van der Waals surface area contributed by atoms with Gasteiger partial charge >= 0.3 is 5.97 Å². The maximum absolute atomic E-state index is 11.8. The van der Waals surface area contributed by atoms with Crippen molar-refractivity contribution in [3.8, 4) is 6.07 Å². The Morgan fingerprint density at radius 1 is 1.38 bits per heavy atom. The Hall–Kier alpha value is -1.86. The summed E-state index contributed by atoms with van der Waals surface area (Å²) in [5.74, 6) is -0.0143. The van der Waals surface area contributed by atoms with Crippen LogP contribution in [0.4, 0.5) is 0 Å². The number of hydrogen-bond donors (Lipinski definition) is 1. The van der Waals surface area contributed by atoms with Gasteiger partial charge in [-0.05, 0) is 43.9 Å². The van der Waals surface area contributed by atoms with E-state index in [2.05, 4.69) is 11.4 Å². The topological polar surface area (TPSA) is 62.1 Å². The van der Waals surface area contributed by atoms with Crippen LogP contribution in [0.1, 0.15) is 43.7 Å². The molecule has 0 bridgehead atoms. The first-order valence-corrected chi connectivity index (χ1v) is 7.62. The second-order valence-electron chi connectivity index (χ2n) is 5.50. The molecule has 1 aromatic rings. The van der Waals surface area contributed by atoms with Gasteiger partial charge in [-0.2, -0.15) is 5.26 Å². The van der Waals surface area contributed by atoms with Gasteiger partial charge in [-0.25, -0.2) is 0 Å². The van der Waals surface area contributed by atoms with Crippen molar-refractivity contribution in [3.63, 3.8) is 0 Å². The third-order valence-corrected chi connectivity index (χ3v) is 3.97. The molecule has 0 amide bonds. The number of carbonyl (C=O) groups is 1. The van der Waals surface area contributed by atoms with Crippen molar-refractivity contribution < 1.29 is 9.53 Å². The van der Waals surface area contributed by atoms with Crippen LogP contribution in [-0.2, 0) is 16.1 Å². The van der Waals surface area contributed by atoms with Crippen LogP contribution < -0.4 is 5.32 Å². The first-order valence-electron chi connectivity index (χ1n) is 7.62. The van der Waals surface area contributed by atoms with E-state index in [0.717, 1.165) is 37.8 Å². The van der Waals surface area contributed by atoms with Crippen molar-refractivity contribution in [2.75, 3.05) is 6.61 Å². The molecule has 112 valence electrons. The van der Waals surface area contributed by atoms with Crippen LogP contribution >= 0.6 is 0 Å². The van der Waals surface area contributed by atoms with Gasteiger partial charge < -0.3 is 10.1 Å². The van der Waals surface area contributed by atoms with Crippen molar-refractivity contribution >= 4 is 5.97 Å². The summed E-state index contributed by atoms with van der Waals surface area (Å²) in [5, 5.41) is 12.3. The highest BCUT2D eigenvalue weighted by molar-refractivity contribution is 5.72. The molecule has 4 heteroatoms. The van der Waals surface area contributed by atoms with Gasteiger partial charge in [0.2, 0.25) is 0 Å². The number of ether oxygens (including phenoxy) is 1. The highest BCUT2D eigenvalue weighted by atomic mass is 16.5. The summed E-state index contributed by atoms with van der Waals surface area (Å²) in [7, 11) is 0. The molecule has 2 rings (SSSR count). The second-order valence-corrected chi connectivity index (χ2v) is 5.50. The highest BCUT2D eigenvalue weighted by Crippen LogP contribution is 2.25. The van der Waals surface area contributed by atoms with Gasteiger partial charge in [0, 0.05) is 12.6 Å². The summed E-state index contributed by atoms with van der Waals surface area (Å²) >= 11 is 0. The minimum atomic E-state index is -0.0534. The average Bonchev–Trinajstić information content (AvgIpc) is 2.54. The number of esters is 1. The third-order valence-electron chi connectivity index (χ3n) is 3.97. The fourth-order valence-corrected chi connectivity index (χ4v) is 2.81. The molecule has 1 aliphatic rings. The number of benzene rings is 1. The number of nitrogens with one attached hydrogen (secondary N) is 1. The molecule has 0 heterocycles. The van der Waals surface area contributed by atoms with Crippen molar-refractivity contribution in [2.24, 2.45) is 5.92 Å². The number of nitriles is 1. The van der Waals surface area contributed by atoms with Gasteiger partial charge in [0.25, 0.3) is 0 Å². The molecule has 1 N–H and O–H groups in total. The zero-order valence-electron chi connectivity index (χ0n) is 12.5. The van der Waals surface area contributed by atoms with Gasteiger partial charge in [-0.3, -0.25) is 4.79 Å². The third kappa shape index (κ3) is 4.57. The summed E-state index contributed by atoms with van der Waals surface area (Å²) in [4.78, 5) is 11.8. The lowest BCUT2D eigenvalue weighted by atomic mass is 9.85. The van der Waals surface area contributed by atoms with E-state index in [1.54, 1.807) is 0 Å². The molecule has 2 atom stereocenters. The zero-order valence-corrected chi connectivity index (χ0v) is 12.5. The summed E-state index contributed by atoms with van der Waals surface area (Å²) in [6, 6.07) is 10.1. The van der Waals surface area contributed by atoms with E-state index in [0.29, 0.717) is 18.2 Å². The quantitative estimate of drug-likeness (QED) is 0.845. The van der Waals surface area contributed by atoms with Crippen molar-refractivity contribution in [3.05, 3.63) is 35.4 Å². The molecule has 0 spiro atoms. The predicted octanol–water partition coefficient (Wildman–Crippen LogP) is 2.77. The standard InChI is InChI=1S/C17H22N2O2/c1-2-21-17(20)15-4-3-5-16(10-15)19-12-14-8-6-13(11-18)7-9-14/h6-9,15-16,19H,2-5,10,12H2,1H3. The minimum Gasteiger partial charge on any atom is -0.466 e. The van der Waals surface area contributed by atoms with E-state index in [9.17, 15) is 4.79 Å². The molecule has 4 nitrogen and oxygen atoms in total. The summed E-state index contributed by atoms with van der Waals surface area (Å²) < 4.78 is 5.12. The van der Waals surface area contributed by atoms with Gasteiger partial charge in [-0.15, -0.1) is 0 Å². The molecule has 0 radical (unpaired) electrons. The largest absolute Gasteiger partial charge is 0.466 e. The Kier molecular flexibility index (Phi) is 5.77. The highest BCUT2D eigenvalue weighted by Gasteiger charge is 2.27. The minimum absolute atomic E-state index is 0.0390. The molecule has 0 aromatic heterocycles. The maximum atomic E-state index is 11.8. The molecule has 1 aromatic carbocycles. The second kappa shape index (κ2) is 7.80. The zero-order chi connectivity index (χ0) is 15.1. The summed E-state index contributed by atoms with van der Waals surface area (Å²) in [6.45, 7) is 3.08. The Balaban J connectivity index is 1.82. The Morgan fingerprint density at radius 3 is 2.81 bits per heavy atom. The van der Waals surface area contributed by atoms with E-state index in [4.69, 9.17) is 10.00 Å². The fourth-order valence-electron chi connectivity index (χ4n) is 2.81. The first kappa shape index (κ1) is 15.5. The van der Waals surface area contributed by atoms with Crippen LogP contribution in [0.25, 0.3) is 0 Å². The lowest BCUT2D eigenvalue weighted by Gasteiger charge is -2.28. The van der Waals surface area contributed by atoms with Gasteiger partial charge in [-0.1, -0.05) is 18.6 Å². The van der Waals surface area contributed by atoms with E-state index in [1.807, 2.05) is 31.2 Å². The molecule has 21 heavy (non-hydrogen) atoms. The van der Waals surface area contributed by atoms with E-state index >= 15 is 0 Å². The summed E-state index contributed by atoms with van der Waals surface area (Å²) in [6.07, 6.45) is 3.96. The van der Waals surface area contributed by atoms with E-state index < -0.39 is 0 Å². The van der Waals surface area contributed by atoms with E-state index in [1.165, 1.54) is 0 Å². The number of rotatable bonds is 5. The Morgan fingerprint density at radius 2 is 2.14 bits per heavy atom. The van der Waals surface area contributed by atoms with Gasteiger partial charge in [0.05, 0.1) is 24.2 Å². The summed E-state index contributed by atoms with van der Waals surface area (Å²) in [5.41, 5.74) is 1.84. The monoisotopic (exact) mass is 286 g/mol. The van der Waals surface area contributed by atoms with Crippen LogP contribution in [0.2, 0.25) is 0 Å². The Labute approximate surface area is 126 Å². The molecular formula is C17H22N2O2. The molecule has 0 aliphatic heterocycles. The Bertz CT molecular complexity index is 505. The molecule has 0 saturated heterocycles. The van der Waals surface area contributed by atoms with Crippen LogP contribution in [0.15, 0.2) is 24.3 Å². The number of carbonyl (C=O) groups excluding carboxylic acids is 1. The molecule has 1 saturated carbocycles. The molecular weight excluding hydrogens is 264 g/mol. The fraction of sp³-hybridized carbons (Fsp3) is 0.529. The normalized spacial score (nSPS) is 21.5. The SMILES string of the molecule is CCOC(=O)C1CCCC(NCc2ccc(C#N)cc2)C1. The first-order chi connectivity index (χ1) is 10.2. The predicted molar refractivity (Wildman–Crippen MR) is 80.4 cm³/mol. The number of nitrogens with zero attached hydrogens (tertiary/aromatic N) is 1. The van der Waals surface area contributed by atoms with Crippen LogP contribution in [-0.4, -0.2) is 18.6 Å². The molecule has 1 aliphatic carbocycles. The van der Waals surface area contributed by atoms with Crippen molar-refractivity contribution in [2.45, 2.75) is 45.2 Å².